The third-order valence-electron chi connectivity index (χ3n) is 2.28. The Hall–Kier alpha value is -2.58. The number of carbonyl (C=O) groups is 3. The van der Waals surface area contributed by atoms with E-state index in [0.29, 0.717) is 5.69 Å². The maximum absolute atomic E-state index is 11.5. The molecule has 0 fully saturated rings. The van der Waals surface area contributed by atoms with Crippen molar-refractivity contribution in [1.29, 1.82) is 0 Å². The van der Waals surface area contributed by atoms with Gasteiger partial charge in [-0.05, 0) is 13.8 Å². The molecule has 0 saturated carbocycles. The van der Waals surface area contributed by atoms with Gasteiger partial charge in [-0.1, -0.05) is 0 Å². The first-order valence-corrected chi connectivity index (χ1v) is 6.45. The van der Waals surface area contributed by atoms with E-state index >= 15 is 0 Å². The van der Waals surface area contributed by atoms with Crippen LogP contribution in [-0.4, -0.2) is 45.4 Å². The predicted molar refractivity (Wildman–Crippen MR) is 74.8 cm³/mol. The fourth-order valence-corrected chi connectivity index (χ4v) is 1.51. The second-order valence-electron chi connectivity index (χ2n) is 4.67. The first-order valence-electron chi connectivity index (χ1n) is 6.45. The topological polar surface area (TPSA) is 125 Å². The molecule has 3 amide bonds. The fourth-order valence-electron chi connectivity index (χ4n) is 1.51. The molecule has 1 rings (SSSR count). The molecular weight excluding hydrogens is 278 g/mol. The van der Waals surface area contributed by atoms with E-state index in [0.717, 1.165) is 0 Å². The van der Waals surface area contributed by atoms with Gasteiger partial charge in [-0.3, -0.25) is 14.3 Å². The molecule has 0 aromatic carbocycles. The Morgan fingerprint density at radius 1 is 1.38 bits per heavy atom. The van der Waals surface area contributed by atoms with Crippen LogP contribution in [0.3, 0.4) is 0 Å². The summed E-state index contributed by atoms with van der Waals surface area (Å²) in [5.74, 6) is -1.16. The van der Waals surface area contributed by atoms with Gasteiger partial charge < -0.3 is 21.1 Å². The molecule has 0 aliphatic heterocycles. The second-order valence-corrected chi connectivity index (χ2v) is 4.67. The molecule has 1 aromatic heterocycles. The number of rotatable bonds is 7. The maximum atomic E-state index is 11.5. The summed E-state index contributed by atoms with van der Waals surface area (Å²) in [7, 11) is 0. The van der Waals surface area contributed by atoms with E-state index in [1.165, 1.54) is 17.1 Å². The van der Waals surface area contributed by atoms with Crippen molar-refractivity contribution in [3.8, 4) is 0 Å². The summed E-state index contributed by atoms with van der Waals surface area (Å²) in [6.45, 7) is 3.63. The van der Waals surface area contributed by atoms with Crippen LogP contribution in [0.1, 0.15) is 20.3 Å². The Labute approximate surface area is 121 Å². The van der Waals surface area contributed by atoms with Crippen LogP contribution in [-0.2, 0) is 16.1 Å². The summed E-state index contributed by atoms with van der Waals surface area (Å²) in [6.07, 6.45) is 2.93. The quantitative estimate of drug-likeness (QED) is 0.564. The lowest BCUT2D eigenvalue weighted by Gasteiger charge is -2.09. The molecule has 21 heavy (non-hydrogen) atoms. The Kier molecular flexibility index (Phi) is 6.18. The lowest BCUT2D eigenvalue weighted by atomic mass is 10.3. The van der Waals surface area contributed by atoms with E-state index in [1.807, 2.05) is 13.8 Å². The predicted octanol–water partition coefficient (Wildman–Crippen LogP) is 0.00390. The molecule has 0 aliphatic carbocycles. The first kappa shape index (κ1) is 16.5. The van der Waals surface area contributed by atoms with Crippen molar-refractivity contribution < 1.29 is 19.5 Å². The van der Waals surface area contributed by atoms with E-state index in [1.54, 1.807) is 0 Å². The molecule has 0 spiro atoms. The van der Waals surface area contributed by atoms with Crippen LogP contribution in [0.15, 0.2) is 12.4 Å². The van der Waals surface area contributed by atoms with Crippen molar-refractivity contribution in [2.45, 2.75) is 32.9 Å². The average Bonchev–Trinajstić information content (AvgIpc) is 2.74. The molecule has 1 aromatic rings. The standard InChI is InChI=1S/C12H19N5O4/c1-8(2)15-10(18)3-4-13-12(21)16-9-5-14-17(6-9)7-11(19)20/h5-6,8H,3-4,7H2,1-2H3,(H,15,18)(H,19,20)(H2,13,16,21). The summed E-state index contributed by atoms with van der Waals surface area (Å²) in [6, 6.07) is -0.423. The van der Waals surface area contributed by atoms with E-state index in [-0.39, 0.29) is 31.5 Å². The van der Waals surface area contributed by atoms with Gasteiger partial charge in [-0.25, -0.2) is 4.79 Å². The van der Waals surface area contributed by atoms with Crippen LogP contribution < -0.4 is 16.0 Å². The number of hydrogen-bond donors (Lipinski definition) is 4. The highest BCUT2D eigenvalue weighted by atomic mass is 16.4. The van der Waals surface area contributed by atoms with Crippen molar-refractivity contribution in [3.05, 3.63) is 12.4 Å². The number of aliphatic carboxylic acids is 1. The van der Waals surface area contributed by atoms with E-state index in [9.17, 15) is 14.4 Å². The molecule has 0 atom stereocenters. The lowest BCUT2D eigenvalue weighted by Crippen LogP contribution is -2.35. The van der Waals surface area contributed by atoms with Gasteiger partial charge in [-0.2, -0.15) is 5.10 Å². The minimum Gasteiger partial charge on any atom is -0.480 e. The van der Waals surface area contributed by atoms with Crippen LogP contribution in [0.5, 0.6) is 0 Å². The zero-order valence-electron chi connectivity index (χ0n) is 11.9. The van der Waals surface area contributed by atoms with E-state index in [2.05, 4.69) is 21.0 Å². The summed E-state index contributed by atoms with van der Waals surface area (Å²) in [5, 5.41) is 20.1. The van der Waals surface area contributed by atoms with Gasteiger partial charge in [0.05, 0.1) is 11.9 Å². The third kappa shape index (κ3) is 6.95. The van der Waals surface area contributed by atoms with Crippen LogP contribution in [0, 0.1) is 0 Å². The number of anilines is 1. The van der Waals surface area contributed by atoms with Gasteiger partial charge >= 0.3 is 12.0 Å². The van der Waals surface area contributed by atoms with Crippen LogP contribution in [0.25, 0.3) is 0 Å². The van der Waals surface area contributed by atoms with E-state index in [4.69, 9.17) is 5.11 Å². The minimum absolute atomic E-state index is 0.0615. The largest absolute Gasteiger partial charge is 0.480 e. The Morgan fingerprint density at radius 3 is 2.71 bits per heavy atom. The number of amides is 3. The molecule has 0 unspecified atom stereocenters. The highest BCUT2D eigenvalue weighted by molar-refractivity contribution is 5.89. The summed E-state index contributed by atoms with van der Waals surface area (Å²) in [5.41, 5.74) is 0.375. The number of aromatic nitrogens is 2. The molecule has 9 nitrogen and oxygen atoms in total. The van der Waals surface area contributed by atoms with Gasteiger partial charge in [0.1, 0.15) is 6.54 Å². The number of urea groups is 1. The zero-order valence-corrected chi connectivity index (χ0v) is 11.9. The molecular formula is C12H19N5O4. The number of hydrogen-bond acceptors (Lipinski definition) is 4. The molecule has 9 heteroatoms. The highest BCUT2D eigenvalue weighted by Gasteiger charge is 2.07. The van der Waals surface area contributed by atoms with Crippen molar-refractivity contribution in [1.82, 2.24) is 20.4 Å². The normalized spacial score (nSPS) is 10.2. The molecule has 116 valence electrons. The SMILES string of the molecule is CC(C)NC(=O)CCNC(=O)Nc1cnn(CC(=O)O)c1. The summed E-state index contributed by atoms with van der Waals surface area (Å²) in [4.78, 5) is 33.4. The number of nitrogens with zero attached hydrogens (tertiary/aromatic N) is 2. The third-order valence-corrected chi connectivity index (χ3v) is 2.28. The number of nitrogens with one attached hydrogen (secondary N) is 3. The molecule has 0 bridgehead atoms. The number of carboxylic acid groups (broad SMARTS) is 1. The number of carbonyl (C=O) groups excluding carboxylic acids is 2. The lowest BCUT2D eigenvalue weighted by molar-refractivity contribution is -0.137. The Morgan fingerprint density at radius 2 is 2.10 bits per heavy atom. The van der Waals surface area contributed by atoms with Gasteiger partial charge in [0.15, 0.2) is 0 Å². The van der Waals surface area contributed by atoms with Gasteiger partial charge in [0, 0.05) is 25.2 Å². The summed E-state index contributed by atoms with van der Waals surface area (Å²) >= 11 is 0. The van der Waals surface area contributed by atoms with E-state index < -0.39 is 12.0 Å². The zero-order chi connectivity index (χ0) is 15.8. The van der Waals surface area contributed by atoms with Crippen molar-refractivity contribution in [2.24, 2.45) is 0 Å². The molecule has 0 aliphatic rings. The molecule has 0 saturated heterocycles. The van der Waals surface area contributed by atoms with Crippen molar-refractivity contribution in [2.75, 3.05) is 11.9 Å². The second kappa shape index (κ2) is 7.88. The van der Waals surface area contributed by atoms with Crippen molar-refractivity contribution >= 4 is 23.6 Å². The van der Waals surface area contributed by atoms with Crippen LogP contribution in [0.2, 0.25) is 0 Å². The number of carboxylic acids is 1. The van der Waals surface area contributed by atoms with Gasteiger partial charge in [0.25, 0.3) is 0 Å². The smallest absolute Gasteiger partial charge is 0.325 e. The molecule has 4 N–H and O–H groups in total. The molecule has 1 heterocycles. The van der Waals surface area contributed by atoms with Crippen LogP contribution in [0.4, 0.5) is 10.5 Å². The molecule has 0 radical (unpaired) electrons. The first-order chi connectivity index (χ1) is 9.86. The summed E-state index contributed by atoms with van der Waals surface area (Å²) < 4.78 is 1.19. The monoisotopic (exact) mass is 297 g/mol. The van der Waals surface area contributed by atoms with Crippen molar-refractivity contribution in [3.63, 3.8) is 0 Å². The average molecular weight is 297 g/mol. The minimum atomic E-state index is -1.02. The Bertz CT molecular complexity index is 512. The highest BCUT2D eigenvalue weighted by Crippen LogP contribution is 2.04. The Balaban J connectivity index is 2.29. The van der Waals surface area contributed by atoms with Crippen LogP contribution >= 0.6 is 0 Å². The fraction of sp³-hybridized carbons (Fsp3) is 0.500. The maximum Gasteiger partial charge on any atom is 0.325 e. The van der Waals surface area contributed by atoms with Gasteiger partial charge in [-0.15, -0.1) is 0 Å². The van der Waals surface area contributed by atoms with Gasteiger partial charge in [0.2, 0.25) is 5.91 Å².